The molecule has 132 valence electrons. The lowest BCUT2D eigenvalue weighted by molar-refractivity contribution is -0.135. The third-order valence-corrected chi connectivity index (χ3v) is 5.14. The standard InChI is InChI=1S/C14H26.C5H6O4/c1-2-6-10-13(9-5-1)14-11-7-3-4-8-12-14;1-3(5(8)9)2-4(6)7/h13-14H,1-12H2;2H,1H3,(H,6,7)(H,8,9)/b;3-2-. The van der Waals surface area contributed by atoms with Crippen LogP contribution in [0.1, 0.15) is 84.0 Å². The van der Waals surface area contributed by atoms with Gasteiger partial charge in [-0.05, 0) is 18.8 Å². The minimum atomic E-state index is -1.24. The summed E-state index contributed by atoms with van der Waals surface area (Å²) < 4.78 is 0. The number of rotatable bonds is 3. The summed E-state index contributed by atoms with van der Waals surface area (Å²) in [4.78, 5) is 19.7. The van der Waals surface area contributed by atoms with Gasteiger partial charge in [0.15, 0.2) is 0 Å². The van der Waals surface area contributed by atoms with Crippen molar-refractivity contribution in [3.05, 3.63) is 11.6 Å². The second-order valence-corrected chi connectivity index (χ2v) is 6.97. The van der Waals surface area contributed by atoms with E-state index in [2.05, 4.69) is 0 Å². The first-order valence-corrected chi connectivity index (χ1v) is 9.15. The van der Waals surface area contributed by atoms with E-state index < -0.39 is 11.9 Å². The van der Waals surface area contributed by atoms with Crippen LogP contribution in [0.4, 0.5) is 0 Å². The van der Waals surface area contributed by atoms with Crippen molar-refractivity contribution in [3.63, 3.8) is 0 Å². The third kappa shape index (κ3) is 8.77. The van der Waals surface area contributed by atoms with E-state index in [1.165, 1.54) is 58.3 Å². The Bertz CT molecular complexity index is 366. The molecule has 0 aromatic carbocycles. The molecule has 0 aromatic heterocycles. The molecule has 0 aromatic rings. The summed E-state index contributed by atoms with van der Waals surface area (Å²) in [7, 11) is 0. The molecule has 2 N–H and O–H groups in total. The highest BCUT2D eigenvalue weighted by atomic mass is 16.4. The van der Waals surface area contributed by atoms with Gasteiger partial charge in [-0.15, -0.1) is 0 Å². The van der Waals surface area contributed by atoms with E-state index in [0.717, 1.165) is 11.8 Å². The maximum Gasteiger partial charge on any atom is 0.331 e. The van der Waals surface area contributed by atoms with E-state index in [0.29, 0.717) is 6.08 Å². The van der Waals surface area contributed by atoms with Crippen LogP contribution in [0.25, 0.3) is 0 Å². The Morgan fingerprint density at radius 1 is 0.739 bits per heavy atom. The Morgan fingerprint density at radius 3 is 1.30 bits per heavy atom. The first-order chi connectivity index (χ1) is 11.0. The summed E-state index contributed by atoms with van der Waals surface area (Å²) in [5.41, 5.74) is -0.178. The van der Waals surface area contributed by atoms with Crippen molar-refractivity contribution in [2.75, 3.05) is 0 Å². The van der Waals surface area contributed by atoms with Crippen molar-refractivity contribution in [2.45, 2.75) is 84.0 Å². The summed E-state index contributed by atoms with van der Waals surface area (Å²) >= 11 is 0. The molecule has 0 bridgehead atoms. The Morgan fingerprint density at radius 2 is 1.09 bits per heavy atom. The SMILES string of the molecule is C/C(=C/C(=O)O)C(=O)O.C1CCCC(C2CCCCCC2)CC1. The molecule has 0 saturated heterocycles. The zero-order valence-electron chi connectivity index (χ0n) is 14.4. The molecule has 2 fully saturated rings. The maximum absolute atomic E-state index is 9.90. The Labute approximate surface area is 140 Å². The van der Waals surface area contributed by atoms with Gasteiger partial charge in [-0.3, -0.25) is 0 Å². The fourth-order valence-corrected chi connectivity index (χ4v) is 3.81. The van der Waals surface area contributed by atoms with Crippen LogP contribution in [-0.2, 0) is 9.59 Å². The lowest BCUT2D eigenvalue weighted by Crippen LogP contribution is -2.13. The van der Waals surface area contributed by atoms with E-state index in [1.54, 1.807) is 25.7 Å². The molecule has 0 spiro atoms. The summed E-state index contributed by atoms with van der Waals surface area (Å²) in [5.74, 6) is -0.210. The highest BCUT2D eigenvalue weighted by molar-refractivity contribution is 5.93. The van der Waals surface area contributed by atoms with E-state index in [9.17, 15) is 9.59 Å². The lowest BCUT2D eigenvalue weighted by Gasteiger charge is -2.24. The first kappa shape index (κ1) is 19.7. The summed E-state index contributed by atoms with van der Waals surface area (Å²) in [6.45, 7) is 1.22. The largest absolute Gasteiger partial charge is 0.478 e. The molecule has 4 heteroatoms. The van der Waals surface area contributed by atoms with Crippen LogP contribution in [0.5, 0.6) is 0 Å². The number of hydrogen-bond donors (Lipinski definition) is 2. The number of carboxylic acids is 2. The molecule has 2 aliphatic rings. The zero-order chi connectivity index (χ0) is 17.1. The van der Waals surface area contributed by atoms with Crippen molar-refractivity contribution in [1.82, 2.24) is 0 Å². The topological polar surface area (TPSA) is 74.6 Å². The van der Waals surface area contributed by atoms with Crippen LogP contribution in [-0.4, -0.2) is 22.2 Å². The second-order valence-electron chi connectivity index (χ2n) is 6.97. The summed E-state index contributed by atoms with van der Waals surface area (Å²) in [6.07, 6.45) is 19.1. The van der Waals surface area contributed by atoms with E-state index in [1.807, 2.05) is 0 Å². The van der Waals surface area contributed by atoms with Crippen LogP contribution in [0.15, 0.2) is 11.6 Å². The van der Waals surface area contributed by atoms with Gasteiger partial charge in [0.2, 0.25) is 0 Å². The van der Waals surface area contributed by atoms with Gasteiger partial charge in [-0.1, -0.05) is 77.0 Å². The predicted octanol–water partition coefficient (Wildman–Crippen LogP) is 5.03. The molecule has 23 heavy (non-hydrogen) atoms. The van der Waals surface area contributed by atoms with E-state index in [-0.39, 0.29) is 5.57 Å². The van der Waals surface area contributed by atoms with Crippen LogP contribution in [0, 0.1) is 11.8 Å². The number of aliphatic carboxylic acids is 2. The van der Waals surface area contributed by atoms with Gasteiger partial charge >= 0.3 is 11.9 Å². The van der Waals surface area contributed by atoms with Gasteiger partial charge < -0.3 is 10.2 Å². The first-order valence-electron chi connectivity index (χ1n) is 9.15. The molecule has 0 atom stereocenters. The van der Waals surface area contributed by atoms with Crippen molar-refractivity contribution < 1.29 is 19.8 Å². The number of hydrogen-bond acceptors (Lipinski definition) is 2. The molecular weight excluding hydrogens is 292 g/mol. The van der Waals surface area contributed by atoms with Crippen molar-refractivity contribution in [1.29, 1.82) is 0 Å². The Balaban J connectivity index is 0.000000257. The highest BCUT2D eigenvalue weighted by Crippen LogP contribution is 2.36. The fraction of sp³-hybridized carbons (Fsp3) is 0.789. The van der Waals surface area contributed by atoms with E-state index >= 15 is 0 Å². The molecular formula is C19H32O4. The fourth-order valence-electron chi connectivity index (χ4n) is 3.81. The minimum Gasteiger partial charge on any atom is -0.478 e. The predicted molar refractivity (Wildman–Crippen MR) is 91.4 cm³/mol. The molecule has 0 radical (unpaired) electrons. The molecule has 0 aliphatic heterocycles. The quantitative estimate of drug-likeness (QED) is 0.564. The number of carbonyl (C=O) groups is 2. The Kier molecular flexibility index (Phi) is 9.65. The van der Waals surface area contributed by atoms with Gasteiger partial charge in [0.05, 0.1) is 0 Å². The van der Waals surface area contributed by atoms with Crippen LogP contribution in [0.3, 0.4) is 0 Å². The smallest absolute Gasteiger partial charge is 0.331 e. The molecule has 4 nitrogen and oxygen atoms in total. The van der Waals surface area contributed by atoms with Crippen molar-refractivity contribution in [2.24, 2.45) is 11.8 Å². The van der Waals surface area contributed by atoms with Gasteiger partial charge in [0, 0.05) is 11.6 Å². The average molecular weight is 324 g/mol. The monoisotopic (exact) mass is 324 g/mol. The molecule has 0 amide bonds. The normalized spacial score (nSPS) is 21.5. The maximum atomic E-state index is 9.90. The zero-order valence-corrected chi connectivity index (χ0v) is 14.4. The number of carboxylic acid groups (broad SMARTS) is 2. The third-order valence-electron chi connectivity index (χ3n) is 5.14. The summed E-state index contributed by atoms with van der Waals surface area (Å²) in [5, 5.41) is 16.1. The van der Waals surface area contributed by atoms with Crippen molar-refractivity contribution >= 4 is 11.9 Å². The molecule has 0 unspecified atom stereocenters. The molecule has 2 aliphatic carbocycles. The lowest BCUT2D eigenvalue weighted by atomic mass is 9.81. The van der Waals surface area contributed by atoms with Crippen molar-refractivity contribution in [3.8, 4) is 0 Å². The highest BCUT2D eigenvalue weighted by Gasteiger charge is 2.23. The second kappa shape index (κ2) is 11.3. The van der Waals surface area contributed by atoms with Gasteiger partial charge in [0.1, 0.15) is 0 Å². The van der Waals surface area contributed by atoms with E-state index in [4.69, 9.17) is 10.2 Å². The van der Waals surface area contributed by atoms with Crippen LogP contribution < -0.4 is 0 Å². The van der Waals surface area contributed by atoms with Gasteiger partial charge in [-0.25, -0.2) is 9.59 Å². The van der Waals surface area contributed by atoms with Crippen LogP contribution in [0.2, 0.25) is 0 Å². The average Bonchev–Trinajstić information content (AvgIpc) is 2.92. The molecule has 2 saturated carbocycles. The summed E-state index contributed by atoms with van der Waals surface area (Å²) in [6, 6.07) is 0. The Hall–Kier alpha value is -1.32. The van der Waals surface area contributed by atoms with Crippen LogP contribution >= 0.6 is 0 Å². The van der Waals surface area contributed by atoms with Gasteiger partial charge in [-0.2, -0.15) is 0 Å². The van der Waals surface area contributed by atoms with Gasteiger partial charge in [0.25, 0.3) is 0 Å². The minimum absolute atomic E-state index is 0.178. The molecule has 0 heterocycles. The molecule has 2 rings (SSSR count).